The number of hydrogen-bond acceptors (Lipinski definition) is 4. The van der Waals surface area contributed by atoms with Crippen molar-refractivity contribution >= 4 is 44.0 Å². The number of piperazine rings is 1. The number of para-hydroxylation sites is 1. The van der Waals surface area contributed by atoms with E-state index >= 15 is 0 Å². The molecule has 0 aliphatic carbocycles. The molecule has 0 saturated carbocycles. The molecule has 3 aromatic rings. The lowest BCUT2D eigenvalue weighted by Crippen LogP contribution is -2.46. The van der Waals surface area contributed by atoms with Crippen LogP contribution in [0, 0.1) is 13.8 Å². The molecule has 0 amide bonds. The van der Waals surface area contributed by atoms with Crippen LogP contribution in [-0.4, -0.2) is 31.2 Å². The number of aromatic nitrogens is 1. The predicted octanol–water partition coefficient (Wildman–Crippen LogP) is 4.89. The molecule has 0 N–H and O–H groups in total. The van der Waals surface area contributed by atoms with Crippen LogP contribution < -0.4 is 9.80 Å². The smallest absolute Gasteiger partial charge is 0.186 e. The van der Waals surface area contributed by atoms with Gasteiger partial charge in [0.1, 0.15) is 0 Å². The molecule has 124 valence electrons. The van der Waals surface area contributed by atoms with Gasteiger partial charge in [0.25, 0.3) is 0 Å². The molecular weight excluding hydrogens is 338 g/mol. The highest BCUT2D eigenvalue weighted by Gasteiger charge is 2.21. The summed E-state index contributed by atoms with van der Waals surface area (Å²) in [4.78, 5) is 9.70. The Morgan fingerprint density at radius 2 is 1.71 bits per heavy atom. The Kier molecular flexibility index (Phi) is 4.10. The molecule has 0 bridgehead atoms. The quantitative estimate of drug-likeness (QED) is 0.650. The van der Waals surface area contributed by atoms with Gasteiger partial charge >= 0.3 is 0 Å². The molecule has 0 atom stereocenters. The molecule has 5 heteroatoms. The number of aryl methyl sites for hydroxylation is 2. The first kappa shape index (κ1) is 15.7. The summed E-state index contributed by atoms with van der Waals surface area (Å²) >= 11 is 7.97. The van der Waals surface area contributed by atoms with Crippen molar-refractivity contribution in [1.29, 1.82) is 0 Å². The number of thiazole rings is 1. The molecule has 3 nitrogen and oxygen atoms in total. The van der Waals surface area contributed by atoms with E-state index in [1.165, 1.54) is 21.5 Å². The van der Waals surface area contributed by atoms with Gasteiger partial charge in [-0.1, -0.05) is 41.1 Å². The van der Waals surface area contributed by atoms with E-state index in [4.69, 9.17) is 16.6 Å². The Hall–Kier alpha value is -1.78. The summed E-state index contributed by atoms with van der Waals surface area (Å²) in [5.41, 5.74) is 4.93. The first-order valence-corrected chi connectivity index (χ1v) is 9.43. The Balaban J connectivity index is 1.53. The minimum atomic E-state index is 0.805. The highest BCUT2D eigenvalue weighted by atomic mass is 35.5. The lowest BCUT2D eigenvalue weighted by atomic mass is 10.1. The minimum absolute atomic E-state index is 0.805. The summed E-state index contributed by atoms with van der Waals surface area (Å²) < 4.78 is 1.28. The number of benzene rings is 2. The lowest BCUT2D eigenvalue weighted by molar-refractivity contribution is 0.651. The first-order valence-electron chi connectivity index (χ1n) is 8.24. The van der Waals surface area contributed by atoms with Gasteiger partial charge in [0.15, 0.2) is 5.13 Å². The summed E-state index contributed by atoms with van der Waals surface area (Å²) in [5, 5.41) is 1.95. The van der Waals surface area contributed by atoms with Gasteiger partial charge in [0.2, 0.25) is 0 Å². The van der Waals surface area contributed by atoms with E-state index in [-0.39, 0.29) is 0 Å². The normalized spacial score (nSPS) is 15.3. The van der Waals surface area contributed by atoms with Crippen molar-refractivity contribution in [2.24, 2.45) is 0 Å². The maximum Gasteiger partial charge on any atom is 0.186 e. The van der Waals surface area contributed by atoms with E-state index in [1.807, 2.05) is 6.07 Å². The number of halogens is 1. The monoisotopic (exact) mass is 357 g/mol. The Bertz CT molecular complexity index is 881. The molecule has 1 fully saturated rings. The van der Waals surface area contributed by atoms with Crippen LogP contribution in [0.25, 0.3) is 10.2 Å². The van der Waals surface area contributed by atoms with Crippen molar-refractivity contribution in [1.82, 2.24) is 4.98 Å². The van der Waals surface area contributed by atoms with Crippen molar-refractivity contribution in [3.63, 3.8) is 0 Å². The fraction of sp³-hybridized carbons (Fsp3) is 0.316. The average Bonchev–Trinajstić information content (AvgIpc) is 3.03. The minimum Gasteiger partial charge on any atom is -0.368 e. The van der Waals surface area contributed by atoms with Gasteiger partial charge in [-0.05, 0) is 43.2 Å². The maximum atomic E-state index is 6.18. The van der Waals surface area contributed by atoms with E-state index in [0.29, 0.717) is 0 Å². The highest BCUT2D eigenvalue weighted by Crippen LogP contribution is 2.32. The van der Waals surface area contributed by atoms with Crippen LogP contribution in [0.3, 0.4) is 0 Å². The van der Waals surface area contributed by atoms with Crippen LogP contribution in [0.4, 0.5) is 10.8 Å². The molecule has 2 aromatic carbocycles. The third-order valence-electron chi connectivity index (χ3n) is 4.67. The molecule has 4 rings (SSSR count). The Morgan fingerprint density at radius 3 is 2.46 bits per heavy atom. The van der Waals surface area contributed by atoms with Crippen molar-refractivity contribution in [3.8, 4) is 0 Å². The fourth-order valence-corrected chi connectivity index (χ4v) is 4.53. The maximum absolute atomic E-state index is 6.18. The second-order valence-corrected chi connectivity index (χ2v) is 7.77. The molecule has 0 spiro atoms. The molecule has 0 unspecified atom stereocenters. The predicted molar refractivity (Wildman–Crippen MR) is 105 cm³/mol. The van der Waals surface area contributed by atoms with E-state index in [9.17, 15) is 0 Å². The van der Waals surface area contributed by atoms with Gasteiger partial charge in [-0.25, -0.2) is 4.98 Å². The molecule has 1 aromatic heterocycles. The number of rotatable bonds is 2. The number of nitrogens with zero attached hydrogens (tertiary/aromatic N) is 3. The molecule has 1 aliphatic rings. The SMILES string of the molecule is Cc1ccc(Cl)cc1N1CCN(c2nc3c(C)cccc3s2)CC1. The van der Waals surface area contributed by atoms with Crippen LogP contribution in [0.15, 0.2) is 36.4 Å². The second kappa shape index (κ2) is 6.26. The number of fused-ring (bicyclic) bond motifs is 1. The van der Waals surface area contributed by atoms with Gasteiger partial charge in [0.05, 0.1) is 10.2 Å². The van der Waals surface area contributed by atoms with Crippen LogP contribution in [-0.2, 0) is 0 Å². The molecule has 0 radical (unpaired) electrons. The van der Waals surface area contributed by atoms with Crippen LogP contribution in [0.1, 0.15) is 11.1 Å². The molecule has 2 heterocycles. The highest BCUT2D eigenvalue weighted by molar-refractivity contribution is 7.22. The zero-order valence-electron chi connectivity index (χ0n) is 13.9. The zero-order chi connectivity index (χ0) is 16.7. The van der Waals surface area contributed by atoms with Gasteiger partial charge < -0.3 is 9.80 Å². The van der Waals surface area contributed by atoms with Crippen LogP contribution >= 0.6 is 22.9 Å². The van der Waals surface area contributed by atoms with Gasteiger partial charge in [-0.2, -0.15) is 0 Å². The van der Waals surface area contributed by atoms with Crippen molar-refractivity contribution < 1.29 is 0 Å². The van der Waals surface area contributed by atoms with Crippen molar-refractivity contribution in [2.45, 2.75) is 13.8 Å². The number of anilines is 2. The van der Waals surface area contributed by atoms with E-state index in [1.54, 1.807) is 11.3 Å². The van der Waals surface area contributed by atoms with Crippen molar-refractivity contribution in [3.05, 3.63) is 52.5 Å². The molecule has 1 aliphatic heterocycles. The topological polar surface area (TPSA) is 19.4 Å². The zero-order valence-corrected chi connectivity index (χ0v) is 15.5. The van der Waals surface area contributed by atoms with Gasteiger partial charge in [0, 0.05) is 36.9 Å². The van der Waals surface area contributed by atoms with E-state index in [2.05, 4.69) is 54.0 Å². The van der Waals surface area contributed by atoms with E-state index < -0.39 is 0 Å². The average molecular weight is 358 g/mol. The molecular formula is C19H20ClN3S. The number of hydrogen-bond donors (Lipinski definition) is 0. The van der Waals surface area contributed by atoms with Gasteiger partial charge in [-0.15, -0.1) is 0 Å². The molecule has 1 saturated heterocycles. The third-order valence-corrected chi connectivity index (χ3v) is 5.99. The third kappa shape index (κ3) is 2.85. The standard InChI is InChI=1S/C19H20ClN3S/c1-13-6-7-15(20)12-16(13)22-8-10-23(11-9-22)19-21-18-14(2)4-3-5-17(18)24-19/h3-7,12H,8-11H2,1-2H3. The summed E-state index contributed by atoms with van der Waals surface area (Å²) in [6.45, 7) is 8.25. The first-order chi connectivity index (χ1) is 11.6. The summed E-state index contributed by atoms with van der Waals surface area (Å²) in [6.07, 6.45) is 0. The summed E-state index contributed by atoms with van der Waals surface area (Å²) in [7, 11) is 0. The van der Waals surface area contributed by atoms with E-state index in [0.717, 1.165) is 41.8 Å². The van der Waals surface area contributed by atoms with Crippen molar-refractivity contribution in [2.75, 3.05) is 36.0 Å². The van der Waals surface area contributed by atoms with Crippen LogP contribution in [0.2, 0.25) is 5.02 Å². The Labute approximate surface area is 151 Å². The van der Waals surface area contributed by atoms with Gasteiger partial charge in [-0.3, -0.25) is 0 Å². The summed E-state index contributed by atoms with van der Waals surface area (Å²) in [6, 6.07) is 12.5. The lowest BCUT2D eigenvalue weighted by Gasteiger charge is -2.36. The fourth-order valence-electron chi connectivity index (χ4n) is 3.27. The van der Waals surface area contributed by atoms with Crippen LogP contribution in [0.5, 0.6) is 0 Å². The second-order valence-electron chi connectivity index (χ2n) is 6.32. The largest absolute Gasteiger partial charge is 0.368 e. The molecule has 24 heavy (non-hydrogen) atoms. The summed E-state index contributed by atoms with van der Waals surface area (Å²) in [5.74, 6) is 0. The Morgan fingerprint density at radius 1 is 0.958 bits per heavy atom.